The fourth-order valence-electron chi connectivity index (χ4n) is 0.882. The first-order chi connectivity index (χ1) is 5.70. The van der Waals surface area contributed by atoms with E-state index < -0.39 is 11.3 Å². The molecule has 0 fully saturated rings. The summed E-state index contributed by atoms with van der Waals surface area (Å²) in [5, 5.41) is 27.2. The van der Waals surface area contributed by atoms with Crippen molar-refractivity contribution >= 4 is 11.2 Å². The number of pyridine rings is 1. The van der Waals surface area contributed by atoms with Gasteiger partial charge in [0.15, 0.2) is 5.75 Å². The number of nitrogens with zero attached hydrogens (tertiary/aromatic N) is 3. The lowest BCUT2D eigenvalue weighted by atomic mass is 10.4. The maximum Gasteiger partial charge on any atom is 0.327 e. The zero-order valence-electron chi connectivity index (χ0n) is 5.72. The first-order valence-corrected chi connectivity index (χ1v) is 3.05. The van der Waals surface area contributed by atoms with Crippen molar-refractivity contribution in [3.8, 4) is 5.75 Å². The van der Waals surface area contributed by atoms with Gasteiger partial charge in [-0.15, -0.1) is 9.83 Å². The number of aromatic hydroxyl groups is 1. The van der Waals surface area contributed by atoms with E-state index in [2.05, 4.69) is 15.4 Å². The third-order valence-corrected chi connectivity index (χ3v) is 1.44. The van der Waals surface area contributed by atoms with E-state index in [1.54, 1.807) is 0 Å². The van der Waals surface area contributed by atoms with Crippen LogP contribution in [-0.2, 0) is 0 Å². The van der Waals surface area contributed by atoms with Gasteiger partial charge in [0.05, 0.1) is 0 Å². The molecule has 0 saturated carbocycles. The van der Waals surface area contributed by atoms with Crippen LogP contribution in [-0.4, -0.2) is 30.5 Å². The molecule has 0 unspecified atom stereocenters. The zero-order chi connectivity index (χ0) is 8.72. The molecule has 2 aromatic heterocycles. The molecule has 0 aliphatic rings. The summed E-state index contributed by atoms with van der Waals surface area (Å²) in [6.45, 7) is 0. The second kappa shape index (κ2) is 1.97. The monoisotopic (exact) mass is 168 g/mol. The Morgan fingerprint density at radius 1 is 1.50 bits per heavy atom. The van der Waals surface area contributed by atoms with Gasteiger partial charge in [-0.2, -0.15) is 10.3 Å². The van der Waals surface area contributed by atoms with Crippen LogP contribution in [0.4, 0.5) is 0 Å². The molecule has 2 heterocycles. The van der Waals surface area contributed by atoms with E-state index in [4.69, 9.17) is 10.3 Å². The number of aromatic nitrogens is 4. The van der Waals surface area contributed by atoms with Gasteiger partial charge in [-0.3, -0.25) is 4.79 Å². The maximum absolute atomic E-state index is 10.9. The number of hydrogen-bond acceptors (Lipinski definition) is 5. The number of hydrogen-bond donors (Lipinski definition) is 3. The number of rotatable bonds is 0. The van der Waals surface area contributed by atoms with Gasteiger partial charge in [0.25, 0.3) is 0 Å². The number of fused-ring (bicyclic) bond motifs is 1. The van der Waals surface area contributed by atoms with Gasteiger partial charge in [-0.05, 0) is 0 Å². The molecule has 0 radical (unpaired) electrons. The number of nitrogens with one attached hydrogen (secondary N) is 1. The van der Waals surface area contributed by atoms with Crippen LogP contribution < -0.4 is 5.56 Å². The van der Waals surface area contributed by atoms with Gasteiger partial charge in [-0.1, -0.05) is 0 Å². The summed E-state index contributed by atoms with van der Waals surface area (Å²) in [4.78, 5) is 10.9. The van der Waals surface area contributed by atoms with E-state index >= 15 is 0 Å². The van der Waals surface area contributed by atoms with Crippen LogP contribution >= 0.6 is 0 Å². The molecule has 2 aromatic rings. The molecule has 62 valence electrons. The molecule has 3 N–H and O–H groups in total. The van der Waals surface area contributed by atoms with Crippen LogP contribution in [0.1, 0.15) is 0 Å². The normalized spacial score (nSPS) is 10.7. The van der Waals surface area contributed by atoms with E-state index in [0.717, 1.165) is 6.07 Å². The van der Waals surface area contributed by atoms with E-state index in [-0.39, 0.29) is 15.9 Å². The lowest BCUT2D eigenvalue weighted by Gasteiger charge is -1.95. The summed E-state index contributed by atoms with van der Waals surface area (Å²) < 4.78 is 0.230. The molecule has 0 spiro atoms. The molecule has 7 heteroatoms. The summed E-state index contributed by atoms with van der Waals surface area (Å²) in [5.74, 6) is -0.570. The Morgan fingerprint density at radius 2 is 2.25 bits per heavy atom. The Labute approximate surface area is 64.8 Å². The van der Waals surface area contributed by atoms with Crippen LogP contribution in [0.5, 0.6) is 5.75 Å². The minimum absolute atomic E-state index is 0.0159. The SMILES string of the molecule is O=c1c(O)cc2n[nH]nc2n1O. The molecule has 0 amide bonds. The van der Waals surface area contributed by atoms with E-state index in [1.165, 1.54) is 0 Å². The molecule has 2 rings (SSSR count). The quantitative estimate of drug-likeness (QED) is 0.440. The predicted molar refractivity (Wildman–Crippen MR) is 37.0 cm³/mol. The second-order valence-electron chi connectivity index (χ2n) is 2.18. The molecule has 0 aliphatic carbocycles. The second-order valence-corrected chi connectivity index (χ2v) is 2.18. The largest absolute Gasteiger partial charge is 0.503 e. The fraction of sp³-hybridized carbons (Fsp3) is 0. The Hall–Kier alpha value is -2.05. The van der Waals surface area contributed by atoms with Crippen LogP contribution in [0.3, 0.4) is 0 Å². The predicted octanol–water partition coefficient (Wildman–Crippen LogP) is -0.938. The zero-order valence-corrected chi connectivity index (χ0v) is 5.72. The van der Waals surface area contributed by atoms with Crippen molar-refractivity contribution in [3.63, 3.8) is 0 Å². The van der Waals surface area contributed by atoms with Crippen LogP contribution in [0, 0.1) is 0 Å². The topological polar surface area (TPSA) is 104 Å². The molecule has 12 heavy (non-hydrogen) atoms. The third-order valence-electron chi connectivity index (χ3n) is 1.44. The lowest BCUT2D eigenvalue weighted by molar-refractivity contribution is 0.182. The first-order valence-electron chi connectivity index (χ1n) is 3.05. The van der Waals surface area contributed by atoms with Crippen LogP contribution in [0.2, 0.25) is 0 Å². The smallest absolute Gasteiger partial charge is 0.327 e. The van der Waals surface area contributed by atoms with Gasteiger partial charge in [0, 0.05) is 6.07 Å². The highest BCUT2D eigenvalue weighted by atomic mass is 16.5. The highest BCUT2D eigenvalue weighted by molar-refractivity contribution is 5.70. The maximum atomic E-state index is 10.9. The van der Waals surface area contributed by atoms with Gasteiger partial charge >= 0.3 is 5.56 Å². The van der Waals surface area contributed by atoms with E-state index in [1.807, 2.05) is 0 Å². The van der Waals surface area contributed by atoms with Crippen LogP contribution in [0.25, 0.3) is 11.2 Å². The molecule has 7 nitrogen and oxygen atoms in total. The van der Waals surface area contributed by atoms with Gasteiger partial charge in [-0.25, -0.2) is 0 Å². The highest BCUT2D eigenvalue weighted by Crippen LogP contribution is 2.08. The van der Waals surface area contributed by atoms with Crippen molar-refractivity contribution in [3.05, 3.63) is 16.4 Å². The molecule has 0 aromatic carbocycles. The fourth-order valence-corrected chi connectivity index (χ4v) is 0.882. The van der Waals surface area contributed by atoms with E-state index in [9.17, 15) is 4.79 Å². The summed E-state index contributed by atoms with van der Waals surface area (Å²) in [6, 6.07) is 1.12. The molecular formula is C5H4N4O3. The minimum Gasteiger partial charge on any atom is -0.503 e. The van der Waals surface area contributed by atoms with Crippen molar-refractivity contribution in [1.82, 2.24) is 20.1 Å². The standard InChI is InChI=1S/C5H4N4O3/c10-3-1-2-4(7-8-6-2)9(12)5(3)11/h1,10,12H,(H,6,7,8). The van der Waals surface area contributed by atoms with E-state index in [0.29, 0.717) is 0 Å². The van der Waals surface area contributed by atoms with Crippen molar-refractivity contribution in [2.24, 2.45) is 0 Å². The average molecular weight is 168 g/mol. The molecule has 0 atom stereocenters. The third kappa shape index (κ3) is 0.669. The molecular weight excluding hydrogens is 164 g/mol. The Balaban J connectivity index is 3.05. The summed E-state index contributed by atoms with van der Waals surface area (Å²) >= 11 is 0. The van der Waals surface area contributed by atoms with Gasteiger partial charge in [0.1, 0.15) is 5.52 Å². The van der Waals surface area contributed by atoms with Gasteiger partial charge < -0.3 is 10.3 Å². The summed E-state index contributed by atoms with van der Waals surface area (Å²) in [5.41, 5.74) is -0.719. The first kappa shape index (κ1) is 6.65. The number of H-pyrrole nitrogens is 1. The van der Waals surface area contributed by atoms with Crippen molar-refractivity contribution in [2.75, 3.05) is 0 Å². The van der Waals surface area contributed by atoms with Crippen molar-refractivity contribution in [2.45, 2.75) is 0 Å². The number of aromatic amines is 1. The molecule has 0 bridgehead atoms. The average Bonchev–Trinajstić information content (AvgIpc) is 2.48. The van der Waals surface area contributed by atoms with Crippen molar-refractivity contribution in [1.29, 1.82) is 0 Å². The highest BCUT2D eigenvalue weighted by Gasteiger charge is 2.09. The van der Waals surface area contributed by atoms with Gasteiger partial charge in [0.2, 0.25) is 5.65 Å². The Kier molecular flexibility index (Phi) is 1.09. The molecule has 0 aliphatic heterocycles. The van der Waals surface area contributed by atoms with Crippen molar-refractivity contribution < 1.29 is 10.3 Å². The minimum atomic E-state index is -0.920. The lowest BCUT2D eigenvalue weighted by Crippen LogP contribution is -2.17. The summed E-state index contributed by atoms with van der Waals surface area (Å²) in [6.07, 6.45) is 0. The molecule has 0 saturated heterocycles. The Bertz CT molecular complexity index is 485. The Morgan fingerprint density at radius 3 is 3.00 bits per heavy atom. The van der Waals surface area contributed by atoms with Crippen LogP contribution in [0.15, 0.2) is 10.9 Å². The summed E-state index contributed by atoms with van der Waals surface area (Å²) in [7, 11) is 0.